The smallest absolute Gasteiger partial charge is 0.335 e. The Hall–Kier alpha value is -9.74. The van der Waals surface area contributed by atoms with E-state index in [2.05, 4.69) is 20.5 Å². The minimum absolute atomic E-state index is 0.00675. The van der Waals surface area contributed by atoms with Crippen LogP contribution in [0.25, 0.3) is 39.0 Å². The number of anilines is 2. The summed E-state index contributed by atoms with van der Waals surface area (Å²) in [4.78, 5) is 79.0. The number of carboxylic acids is 1. The number of esters is 1. The molecule has 5 atom stereocenters. The molecule has 92 heavy (non-hydrogen) atoms. The Balaban J connectivity index is 0.827. The number of benzene rings is 6. The average Bonchev–Trinajstić information content (AvgIpc) is 1.39. The van der Waals surface area contributed by atoms with Crippen LogP contribution in [0.4, 0.5) is 33.3 Å². The van der Waals surface area contributed by atoms with Gasteiger partial charge in [0.2, 0.25) is 64.2 Å². The van der Waals surface area contributed by atoms with Gasteiger partial charge in [0.1, 0.15) is 29.6 Å². The lowest BCUT2D eigenvalue weighted by Gasteiger charge is -2.38. The summed E-state index contributed by atoms with van der Waals surface area (Å²) in [6.07, 6.45) is -10.7. The number of pyridine rings is 1. The molecule has 0 saturated carbocycles. The first kappa shape index (κ1) is 66.7. The van der Waals surface area contributed by atoms with Crippen LogP contribution in [0.2, 0.25) is 0 Å². The van der Waals surface area contributed by atoms with Gasteiger partial charge in [-0.05, 0) is 72.6 Å². The third-order valence-corrected chi connectivity index (χ3v) is 14.9. The largest absolute Gasteiger partial charge is 0.479 e. The standard InChI is InChI=1S/C65H61F5N6O16/c1-34-13-18-41(57(80)49-56(37-9-5-3-6-10-37)74-76(63(49)84)40-11-7-4-8-12-40)55(71)48(34)39-17-19-43-38(32-39)16-14-35(2)75(43)33-36-15-20-44(90-65-60(83)58(81)59(82)62(92-65)64(85)86)42(31-36)73-46(78)21-24-72-45(77)22-25-87-27-29-89-30-28-88-26-23-47(79)91-61-53(69)51(67)50(66)52(68)54(61)70/h3-20,31-32,58-60,62,65,81-83H,21-30,33H2,1-2H3,(H5-,71,72,73,74,77,78,80,84,85,86)/p+1/t58-,59-,60+,62-,65+/m0/s1. The number of amides is 2. The number of nitrogen functional groups attached to an aromatic ring is 1. The van der Waals surface area contributed by atoms with Gasteiger partial charge < -0.3 is 65.2 Å². The van der Waals surface area contributed by atoms with Crippen LogP contribution in [-0.2, 0) is 44.7 Å². The van der Waals surface area contributed by atoms with Crippen LogP contribution in [-0.4, -0.2) is 137 Å². The minimum atomic E-state index is -2.40. The molecule has 1 aliphatic rings. The summed E-state index contributed by atoms with van der Waals surface area (Å²) < 4.78 is 102. The van der Waals surface area contributed by atoms with Gasteiger partial charge in [-0.25, -0.2) is 22.6 Å². The number of aliphatic hydroxyl groups excluding tert-OH is 3. The Kier molecular flexibility index (Phi) is 21.7. The van der Waals surface area contributed by atoms with Gasteiger partial charge in [0, 0.05) is 66.1 Å². The number of hydrogen-bond donors (Lipinski definition) is 8. The zero-order valence-electron chi connectivity index (χ0n) is 49.3. The lowest BCUT2D eigenvalue weighted by atomic mass is 9.91. The molecule has 3 heterocycles. The number of aromatic nitrogens is 3. The normalized spacial score (nSPS) is 16.3. The van der Waals surface area contributed by atoms with E-state index >= 15 is 0 Å². The lowest BCUT2D eigenvalue weighted by Crippen LogP contribution is -2.61. The molecule has 0 aliphatic carbocycles. The van der Waals surface area contributed by atoms with Crippen molar-refractivity contribution < 1.29 is 99.3 Å². The number of rotatable bonds is 27. The van der Waals surface area contributed by atoms with Crippen molar-refractivity contribution in [1.82, 2.24) is 15.1 Å². The molecule has 27 heteroatoms. The highest BCUT2D eigenvalue weighted by molar-refractivity contribution is 6.16. The quantitative estimate of drug-likeness (QED) is 0.00324. The molecule has 8 aromatic rings. The maximum Gasteiger partial charge on any atom is 0.335 e. The molecule has 0 bridgehead atoms. The molecular formula is C65H62F5N6O16+. The third kappa shape index (κ3) is 15.2. The summed E-state index contributed by atoms with van der Waals surface area (Å²) in [6, 6.07) is 35.5. The predicted molar refractivity (Wildman–Crippen MR) is 319 cm³/mol. The second-order valence-electron chi connectivity index (χ2n) is 21.1. The van der Waals surface area contributed by atoms with E-state index in [1.807, 2.05) is 60.9 Å². The first-order chi connectivity index (χ1) is 44.1. The van der Waals surface area contributed by atoms with Crippen molar-refractivity contribution in [1.29, 1.82) is 0 Å². The van der Waals surface area contributed by atoms with Crippen LogP contribution in [0.15, 0.2) is 126 Å². The van der Waals surface area contributed by atoms with Gasteiger partial charge in [-0.3, -0.25) is 29.1 Å². The molecule has 1 fully saturated rings. The van der Waals surface area contributed by atoms with E-state index in [0.717, 1.165) is 22.2 Å². The van der Waals surface area contributed by atoms with Crippen molar-refractivity contribution in [2.45, 2.75) is 70.4 Å². The van der Waals surface area contributed by atoms with E-state index in [1.165, 1.54) is 10.7 Å². The van der Waals surface area contributed by atoms with Crippen LogP contribution >= 0.6 is 0 Å². The number of nitrogens with two attached hydrogens (primary N) is 1. The molecule has 482 valence electrons. The van der Waals surface area contributed by atoms with E-state index < -0.39 is 107 Å². The Morgan fingerprint density at radius 1 is 0.685 bits per heavy atom. The molecule has 9 rings (SSSR count). The number of H-pyrrole nitrogens is 1. The number of aliphatic carboxylic acids is 1. The Morgan fingerprint density at radius 3 is 2.00 bits per heavy atom. The van der Waals surface area contributed by atoms with Crippen molar-refractivity contribution >= 4 is 51.8 Å². The number of carbonyl (C=O) groups excluding carboxylic acids is 4. The van der Waals surface area contributed by atoms with Gasteiger partial charge >= 0.3 is 11.9 Å². The van der Waals surface area contributed by atoms with E-state index in [9.17, 15) is 71.1 Å². The van der Waals surface area contributed by atoms with E-state index in [-0.39, 0.29) is 93.8 Å². The maximum atomic E-state index is 14.7. The molecule has 0 radical (unpaired) electrons. The Morgan fingerprint density at radius 2 is 1.33 bits per heavy atom. The minimum Gasteiger partial charge on any atom is -0.479 e. The molecule has 22 nitrogen and oxygen atoms in total. The van der Waals surface area contributed by atoms with Crippen LogP contribution in [0, 0.1) is 42.9 Å². The number of carboxylic acid groups (broad SMARTS) is 1. The van der Waals surface area contributed by atoms with Crippen LogP contribution < -0.4 is 36.0 Å². The summed E-state index contributed by atoms with van der Waals surface area (Å²) in [5.41, 5.74) is 12.4. The van der Waals surface area contributed by atoms with Crippen LogP contribution in [0.5, 0.6) is 11.5 Å². The van der Waals surface area contributed by atoms with Gasteiger partial charge in [-0.1, -0.05) is 54.6 Å². The van der Waals surface area contributed by atoms with Gasteiger partial charge in [0.15, 0.2) is 18.3 Å². The lowest BCUT2D eigenvalue weighted by molar-refractivity contribution is -0.668. The van der Waals surface area contributed by atoms with Gasteiger partial charge in [0.25, 0.3) is 5.56 Å². The topological polar surface area (TPSA) is 313 Å². The molecule has 2 aromatic heterocycles. The summed E-state index contributed by atoms with van der Waals surface area (Å²) in [5.74, 6) is -18.0. The predicted octanol–water partition coefficient (Wildman–Crippen LogP) is 6.27. The van der Waals surface area contributed by atoms with E-state index in [0.29, 0.717) is 33.6 Å². The van der Waals surface area contributed by atoms with E-state index in [4.69, 9.17) is 29.4 Å². The Bertz CT molecular complexity index is 4090. The van der Waals surface area contributed by atoms with Crippen molar-refractivity contribution in [2.75, 3.05) is 57.2 Å². The van der Waals surface area contributed by atoms with Gasteiger partial charge in [-0.2, -0.15) is 13.3 Å². The van der Waals surface area contributed by atoms with Gasteiger partial charge in [-0.15, -0.1) is 0 Å². The van der Waals surface area contributed by atoms with Crippen molar-refractivity contribution in [2.24, 2.45) is 0 Å². The molecular weight excluding hydrogens is 1220 g/mol. The maximum absolute atomic E-state index is 14.7. The van der Waals surface area contributed by atoms with Crippen LogP contribution in [0.1, 0.15) is 52.0 Å². The molecule has 0 spiro atoms. The Labute approximate surface area is 520 Å². The number of nitrogens with zero attached hydrogens (tertiary/aromatic N) is 2. The molecule has 1 aliphatic heterocycles. The second kappa shape index (κ2) is 29.9. The average molecular weight is 1280 g/mol. The summed E-state index contributed by atoms with van der Waals surface area (Å²) >= 11 is 0. The number of ketones is 1. The fourth-order valence-electron chi connectivity index (χ4n) is 10.1. The fraction of sp³-hybridized carbons (Fsp3) is 0.277. The first-order valence-corrected chi connectivity index (χ1v) is 28.7. The number of fused-ring (bicyclic) bond motifs is 1. The third-order valence-electron chi connectivity index (χ3n) is 14.9. The van der Waals surface area contributed by atoms with Crippen molar-refractivity contribution in [3.05, 3.63) is 189 Å². The van der Waals surface area contributed by atoms with E-state index in [1.54, 1.807) is 72.8 Å². The number of carbonyl (C=O) groups is 5. The molecule has 0 unspecified atom stereocenters. The SMILES string of the molecule is Cc1ccc(C(=O)c2c(-c3ccccc3)[nH]n(-c3ccccc3)c2=O)c(N)c1-c1ccc2c(ccc(C)[n+]2Cc2ccc(O[C@@H]3O[C@H](C(=O)O)[C@@H](O)[C@H](O)[C@H]3O)c(NC(=O)CCNC(=O)CCOCCOCCOCCC(=O)Oc3c(F)c(F)c(F)c(F)c3F)c2)c1. The number of para-hydroxylation sites is 1. The fourth-order valence-corrected chi connectivity index (χ4v) is 10.1. The number of halogens is 5. The molecule has 2 amide bonds. The number of nitrogens with one attached hydrogen (secondary N) is 3. The summed E-state index contributed by atoms with van der Waals surface area (Å²) in [7, 11) is 0. The van der Waals surface area contributed by atoms with Gasteiger partial charge in [0.05, 0.1) is 68.8 Å². The zero-order chi connectivity index (χ0) is 65.9. The molecule has 6 aromatic carbocycles. The molecule has 9 N–H and O–H groups in total. The zero-order valence-corrected chi connectivity index (χ0v) is 49.3. The summed E-state index contributed by atoms with van der Waals surface area (Å²) in [6.45, 7) is 3.51. The number of aliphatic hydroxyl groups is 3. The van der Waals surface area contributed by atoms with Crippen molar-refractivity contribution in [3.63, 3.8) is 0 Å². The number of aromatic amines is 1. The first-order valence-electron chi connectivity index (χ1n) is 28.7. The van der Waals surface area contributed by atoms with Crippen LogP contribution in [0.3, 0.4) is 0 Å². The highest BCUT2D eigenvalue weighted by Gasteiger charge is 2.48. The molecule has 1 saturated heterocycles. The van der Waals surface area contributed by atoms with Crippen molar-refractivity contribution in [3.8, 4) is 39.6 Å². The highest BCUT2D eigenvalue weighted by Crippen LogP contribution is 2.37. The number of ether oxygens (including phenoxy) is 6. The monoisotopic (exact) mass is 1280 g/mol. The summed E-state index contributed by atoms with van der Waals surface area (Å²) in [5, 5.41) is 50.7. The highest BCUT2D eigenvalue weighted by atomic mass is 19.2. The number of hydrogen-bond acceptors (Lipinski definition) is 16. The number of aryl methyl sites for hydroxylation is 2. The second-order valence-corrected chi connectivity index (χ2v) is 21.1.